The number of methoxy groups -OCH3 is 1. The number of nitrogens with zero attached hydrogens (tertiary/aromatic N) is 4. The maximum absolute atomic E-state index is 12.9. The third kappa shape index (κ3) is 4.66. The molecule has 0 aliphatic rings. The third-order valence-corrected chi connectivity index (χ3v) is 5.19. The Kier molecular flexibility index (Phi) is 6.14. The number of amides is 1. The maximum Gasteiger partial charge on any atom is 0.433 e. The van der Waals surface area contributed by atoms with Gasteiger partial charge in [-0.05, 0) is 48.4 Å². The molecule has 1 aromatic carbocycles. The molecule has 1 N–H and O–H groups in total. The zero-order chi connectivity index (χ0) is 24.5. The molecular formula is C24H20F3N5O2. The summed E-state index contributed by atoms with van der Waals surface area (Å²) in [4.78, 5) is 29.2. The van der Waals surface area contributed by atoms with Crippen molar-refractivity contribution in [2.45, 2.75) is 26.4 Å². The zero-order valence-corrected chi connectivity index (χ0v) is 18.6. The fourth-order valence-corrected chi connectivity index (χ4v) is 3.42. The van der Waals surface area contributed by atoms with Gasteiger partial charge in [-0.1, -0.05) is 13.0 Å². The summed E-state index contributed by atoms with van der Waals surface area (Å²) >= 11 is 0. The number of aryl methyl sites for hydroxylation is 2. The number of pyridine rings is 2. The SMILES string of the molecule is CCc1ncc2cc(-c3cc(NC(=O)c4ccnc(C(F)(F)F)c4)ccc3C)c(OC)nc2n1. The highest BCUT2D eigenvalue weighted by Gasteiger charge is 2.33. The molecule has 34 heavy (non-hydrogen) atoms. The predicted octanol–water partition coefficient (Wildman–Crippen LogP) is 5.24. The summed E-state index contributed by atoms with van der Waals surface area (Å²) in [5.74, 6) is 0.330. The lowest BCUT2D eigenvalue weighted by Crippen LogP contribution is -2.15. The number of halogens is 3. The molecule has 3 heterocycles. The van der Waals surface area contributed by atoms with Gasteiger partial charge in [0.05, 0.1) is 7.11 Å². The average Bonchev–Trinajstić information content (AvgIpc) is 2.83. The monoisotopic (exact) mass is 467 g/mol. The van der Waals surface area contributed by atoms with Crippen LogP contribution < -0.4 is 10.1 Å². The van der Waals surface area contributed by atoms with Gasteiger partial charge in [-0.15, -0.1) is 0 Å². The molecule has 0 fully saturated rings. The molecule has 0 radical (unpaired) electrons. The van der Waals surface area contributed by atoms with Crippen LogP contribution in [0.1, 0.15) is 34.4 Å². The number of hydrogen-bond donors (Lipinski definition) is 1. The van der Waals surface area contributed by atoms with E-state index in [0.717, 1.165) is 22.7 Å². The molecule has 4 rings (SSSR count). The van der Waals surface area contributed by atoms with Crippen LogP contribution in [0.3, 0.4) is 0 Å². The number of alkyl halides is 3. The summed E-state index contributed by atoms with van der Waals surface area (Å²) in [6, 6.07) is 8.96. The minimum atomic E-state index is -4.64. The van der Waals surface area contributed by atoms with E-state index in [4.69, 9.17) is 4.74 Å². The van der Waals surface area contributed by atoms with Gasteiger partial charge >= 0.3 is 6.18 Å². The van der Waals surface area contributed by atoms with Gasteiger partial charge in [-0.25, -0.2) is 9.97 Å². The Balaban J connectivity index is 1.70. The maximum atomic E-state index is 12.9. The lowest BCUT2D eigenvalue weighted by Gasteiger charge is -2.14. The lowest BCUT2D eigenvalue weighted by molar-refractivity contribution is -0.141. The van der Waals surface area contributed by atoms with E-state index in [9.17, 15) is 18.0 Å². The molecule has 3 aromatic heterocycles. The number of aromatic nitrogens is 4. The number of benzene rings is 1. The topological polar surface area (TPSA) is 89.9 Å². The van der Waals surface area contributed by atoms with Gasteiger partial charge in [0.15, 0.2) is 5.65 Å². The van der Waals surface area contributed by atoms with Crippen LogP contribution in [0.15, 0.2) is 48.8 Å². The van der Waals surface area contributed by atoms with E-state index in [-0.39, 0.29) is 5.56 Å². The van der Waals surface area contributed by atoms with Crippen molar-refractivity contribution in [3.05, 3.63) is 71.4 Å². The van der Waals surface area contributed by atoms with Crippen molar-refractivity contribution < 1.29 is 22.7 Å². The normalized spacial score (nSPS) is 11.5. The number of nitrogens with one attached hydrogen (secondary N) is 1. The molecule has 0 saturated carbocycles. The second kappa shape index (κ2) is 9.05. The Bertz CT molecular complexity index is 1390. The highest BCUT2D eigenvalue weighted by atomic mass is 19.4. The summed E-state index contributed by atoms with van der Waals surface area (Å²) in [6.07, 6.45) is -1.32. The Morgan fingerprint density at radius 1 is 1.06 bits per heavy atom. The van der Waals surface area contributed by atoms with Crippen molar-refractivity contribution >= 4 is 22.6 Å². The highest BCUT2D eigenvalue weighted by Crippen LogP contribution is 2.35. The first-order valence-corrected chi connectivity index (χ1v) is 10.4. The smallest absolute Gasteiger partial charge is 0.433 e. The van der Waals surface area contributed by atoms with E-state index in [1.54, 1.807) is 24.4 Å². The molecule has 7 nitrogen and oxygen atoms in total. The van der Waals surface area contributed by atoms with Gasteiger partial charge in [0, 0.05) is 41.0 Å². The molecule has 0 saturated heterocycles. The quantitative estimate of drug-likeness (QED) is 0.432. The van der Waals surface area contributed by atoms with Gasteiger partial charge in [0.1, 0.15) is 11.5 Å². The predicted molar refractivity (Wildman–Crippen MR) is 121 cm³/mol. The first kappa shape index (κ1) is 23.1. The van der Waals surface area contributed by atoms with E-state index in [2.05, 4.69) is 25.3 Å². The van der Waals surface area contributed by atoms with E-state index in [1.807, 2.05) is 19.9 Å². The zero-order valence-electron chi connectivity index (χ0n) is 18.6. The molecule has 0 unspecified atom stereocenters. The van der Waals surface area contributed by atoms with Crippen LogP contribution in [0, 0.1) is 6.92 Å². The third-order valence-electron chi connectivity index (χ3n) is 5.19. The summed E-state index contributed by atoms with van der Waals surface area (Å²) < 4.78 is 44.3. The summed E-state index contributed by atoms with van der Waals surface area (Å²) in [7, 11) is 1.50. The van der Waals surface area contributed by atoms with E-state index in [1.165, 1.54) is 13.2 Å². The number of fused-ring (bicyclic) bond motifs is 1. The Morgan fingerprint density at radius 3 is 2.56 bits per heavy atom. The van der Waals surface area contributed by atoms with Crippen LogP contribution in [0.2, 0.25) is 0 Å². The van der Waals surface area contributed by atoms with Crippen molar-refractivity contribution in [3.63, 3.8) is 0 Å². The largest absolute Gasteiger partial charge is 0.480 e. The lowest BCUT2D eigenvalue weighted by atomic mass is 9.99. The van der Waals surface area contributed by atoms with Crippen LogP contribution in [0.5, 0.6) is 5.88 Å². The molecule has 10 heteroatoms. The summed E-state index contributed by atoms with van der Waals surface area (Å²) in [5, 5.41) is 3.36. The van der Waals surface area contributed by atoms with Gasteiger partial charge in [-0.3, -0.25) is 9.78 Å². The molecule has 4 aromatic rings. The molecule has 0 aliphatic carbocycles. The Hall–Kier alpha value is -4.08. The van der Waals surface area contributed by atoms with Crippen molar-refractivity contribution in [1.82, 2.24) is 19.9 Å². The van der Waals surface area contributed by atoms with Crippen molar-refractivity contribution in [2.75, 3.05) is 12.4 Å². The molecule has 174 valence electrons. The second-order valence-corrected chi connectivity index (χ2v) is 7.51. The molecule has 0 spiro atoms. The van der Waals surface area contributed by atoms with E-state index in [0.29, 0.717) is 41.1 Å². The fourth-order valence-electron chi connectivity index (χ4n) is 3.42. The van der Waals surface area contributed by atoms with E-state index >= 15 is 0 Å². The van der Waals surface area contributed by atoms with Crippen molar-refractivity contribution in [2.24, 2.45) is 0 Å². The number of carbonyl (C=O) groups excluding carboxylic acids is 1. The molecule has 0 atom stereocenters. The number of rotatable bonds is 5. The van der Waals surface area contributed by atoms with Gasteiger partial charge in [0.2, 0.25) is 5.88 Å². The van der Waals surface area contributed by atoms with Crippen molar-refractivity contribution in [3.8, 4) is 17.0 Å². The van der Waals surface area contributed by atoms with Crippen LogP contribution in [-0.2, 0) is 12.6 Å². The standard InChI is InChI=1S/C24H20F3N5O2/c1-4-20-29-12-15-9-18(23(34-3)32-21(15)31-20)17-11-16(6-5-13(17)2)30-22(33)14-7-8-28-19(10-14)24(25,26)27/h5-12H,4H2,1-3H3,(H,30,33). The number of carbonyl (C=O) groups is 1. The molecular weight excluding hydrogens is 447 g/mol. The first-order chi connectivity index (χ1) is 16.2. The minimum Gasteiger partial charge on any atom is -0.480 e. The van der Waals surface area contributed by atoms with Gasteiger partial charge in [-0.2, -0.15) is 18.2 Å². The fraction of sp³-hybridized carbons (Fsp3) is 0.208. The molecule has 0 aliphatic heterocycles. The van der Waals surface area contributed by atoms with E-state index < -0.39 is 17.8 Å². The van der Waals surface area contributed by atoms with Crippen LogP contribution in [0.4, 0.5) is 18.9 Å². The first-order valence-electron chi connectivity index (χ1n) is 10.4. The number of ether oxygens (including phenoxy) is 1. The number of hydrogen-bond acceptors (Lipinski definition) is 6. The van der Waals surface area contributed by atoms with Crippen LogP contribution in [-0.4, -0.2) is 33.0 Å². The van der Waals surface area contributed by atoms with Crippen LogP contribution in [0.25, 0.3) is 22.2 Å². The van der Waals surface area contributed by atoms with Crippen LogP contribution >= 0.6 is 0 Å². The molecule has 1 amide bonds. The van der Waals surface area contributed by atoms with Crippen molar-refractivity contribution in [1.29, 1.82) is 0 Å². The Morgan fingerprint density at radius 2 is 1.85 bits per heavy atom. The van der Waals surface area contributed by atoms with Gasteiger partial charge < -0.3 is 10.1 Å². The summed E-state index contributed by atoms with van der Waals surface area (Å²) in [5.41, 5.74) is 1.90. The number of anilines is 1. The molecule has 0 bridgehead atoms. The minimum absolute atomic E-state index is 0.154. The average molecular weight is 467 g/mol. The van der Waals surface area contributed by atoms with Gasteiger partial charge in [0.25, 0.3) is 5.91 Å². The Labute approximate surface area is 193 Å². The summed E-state index contributed by atoms with van der Waals surface area (Å²) in [6.45, 7) is 3.84. The highest BCUT2D eigenvalue weighted by molar-refractivity contribution is 6.04. The second-order valence-electron chi connectivity index (χ2n) is 7.51.